The minimum Gasteiger partial charge on any atom is -0.355 e. The average Bonchev–Trinajstić information content (AvgIpc) is 3.37. The summed E-state index contributed by atoms with van der Waals surface area (Å²) in [6, 6.07) is 22.8. The number of hydrogen-bond donors (Lipinski definition) is 2. The summed E-state index contributed by atoms with van der Waals surface area (Å²) < 4.78 is 41.1. The van der Waals surface area contributed by atoms with Crippen molar-refractivity contribution in [1.82, 2.24) is 19.5 Å². The fourth-order valence-electron chi connectivity index (χ4n) is 4.88. The lowest BCUT2D eigenvalue weighted by atomic mass is 10.1. The topological polar surface area (TPSA) is 78.8 Å². The van der Waals surface area contributed by atoms with Crippen LogP contribution in [0.1, 0.15) is 22.4 Å². The molecule has 3 heterocycles. The number of fused-ring (bicyclic) bond motifs is 2. The fourth-order valence-corrected chi connectivity index (χ4v) is 4.88. The summed E-state index contributed by atoms with van der Waals surface area (Å²) in [5, 5.41) is 3.36. The fraction of sp³-hybridized carbons (Fsp3) is 0.207. The predicted molar refractivity (Wildman–Crippen MR) is 144 cm³/mol. The second-order valence-electron chi connectivity index (χ2n) is 9.46. The molecular formula is C29H25F3N6O. The molecule has 0 unspecified atom stereocenters. The van der Waals surface area contributed by atoms with Crippen LogP contribution < -0.4 is 15.8 Å². The highest BCUT2D eigenvalue weighted by Crippen LogP contribution is 2.32. The minimum atomic E-state index is -4.44. The number of rotatable bonds is 6. The van der Waals surface area contributed by atoms with Gasteiger partial charge in [0.15, 0.2) is 0 Å². The summed E-state index contributed by atoms with van der Waals surface area (Å²) in [6.45, 7) is 1.36. The zero-order valence-electron chi connectivity index (χ0n) is 20.9. The Labute approximate surface area is 222 Å². The van der Waals surface area contributed by atoms with Gasteiger partial charge >= 0.3 is 6.18 Å². The highest BCUT2D eigenvalue weighted by molar-refractivity contribution is 5.78. The zero-order valence-corrected chi connectivity index (χ0v) is 20.9. The van der Waals surface area contributed by atoms with Crippen molar-refractivity contribution in [1.29, 1.82) is 0 Å². The molecule has 0 atom stereocenters. The van der Waals surface area contributed by atoms with E-state index < -0.39 is 11.7 Å². The molecule has 5 aromatic rings. The largest absolute Gasteiger partial charge is 0.416 e. The van der Waals surface area contributed by atoms with Gasteiger partial charge < -0.3 is 15.2 Å². The molecule has 0 spiro atoms. The van der Waals surface area contributed by atoms with E-state index in [-0.39, 0.29) is 12.1 Å². The molecule has 0 fully saturated rings. The van der Waals surface area contributed by atoms with Crippen LogP contribution in [-0.2, 0) is 25.6 Å². The Bertz CT molecular complexity index is 1680. The molecule has 1 aliphatic heterocycles. The van der Waals surface area contributed by atoms with Gasteiger partial charge in [0, 0.05) is 19.5 Å². The summed E-state index contributed by atoms with van der Waals surface area (Å²) in [7, 11) is 0. The quantitative estimate of drug-likeness (QED) is 0.310. The molecule has 0 amide bonds. The molecule has 7 nitrogen and oxygen atoms in total. The van der Waals surface area contributed by atoms with Crippen LogP contribution in [0.3, 0.4) is 0 Å². The van der Waals surface area contributed by atoms with Gasteiger partial charge in [-0.25, -0.2) is 14.5 Å². The van der Waals surface area contributed by atoms with E-state index in [9.17, 15) is 18.0 Å². The van der Waals surface area contributed by atoms with Crippen molar-refractivity contribution in [2.24, 2.45) is 0 Å². The number of imidazole rings is 1. The van der Waals surface area contributed by atoms with Crippen LogP contribution in [0.2, 0.25) is 0 Å². The number of benzene rings is 3. The third-order valence-electron chi connectivity index (χ3n) is 6.88. The van der Waals surface area contributed by atoms with Crippen molar-refractivity contribution >= 4 is 22.9 Å². The summed E-state index contributed by atoms with van der Waals surface area (Å²) >= 11 is 0. The molecule has 2 N–H and O–H groups in total. The molecule has 0 saturated carbocycles. The third-order valence-corrected chi connectivity index (χ3v) is 6.88. The van der Waals surface area contributed by atoms with Crippen molar-refractivity contribution in [2.75, 3.05) is 23.3 Å². The Kier molecular flexibility index (Phi) is 6.30. The molecule has 0 aliphatic carbocycles. The standard InChI is InChI=1S/C29H25F3N6O/c30-29(31,32)20-11-12-24-25(17-20)36-28(35-24)37-16-14-23-22(18-37)26(39)38(21-9-5-2-6-10-21)27(34-23)33-15-13-19-7-3-1-4-8-19/h1-12,17H,13-16,18H2,(H,33,34)(H,35,36). The monoisotopic (exact) mass is 530 g/mol. The van der Waals surface area contributed by atoms with E-state index in [1.54, 1.807) is 4.57 Å². The summed E-state index contributed by atoms with van der Waals surface area (Å²) in [4.78, 5) is 28.1. The molecule has 6 rings (SSSR count). The van der Waals surface area contributed by atoms with E-state index >= 15 is 0 Å². The molecule has 0 saturated heterocycles. The van der Waals surface area contributed by atoms with E-state index in [1.807, 2.05) is 53.4 Å². The number of nitrogens with zero attached hydrogens (tertiary/aromatic N) is 4. The van der Waals surface area contributed by atoms with E-state index in [0.29, 0.717) is 59.4 Å². The van der Waals surface area contributed by atoms with Gasteiger partial charge in [0.05, 0.1) is 40.1 Å². The number of H-pyrrole nitrogens is 1. The van der Waals surface area contributed by atoms with Crippen molar-refractivity contribution < 1.29 is 13.2 Å². The number of nitrogens with one attached hydrogen (secondary N) is 2. The number of aromatic amines is 1. The number of hydrogen-bond acceptors (Lipinski definition) is 5. The maximum Gasteiger partial charge on any atom is 0.416 e. The molecule has 10 heteroatoms. The molecule has 0 bridgehead atoms. The predicted octanol–water partition coefficient (Wildman–Crippen LogP) is 5.34. The summed E-state index contributed by atoms with van der Waals surface area (Å²) in [6.07, 6.45) is -3.17. The molecule has 0 radical (unpaired) electrons. The van der Waals surface area contributed by atoms with Gasteiger partial charge in [0.25, 0.3) is 5.56 Å². The number of anilines is 2. The highest BCUT2D eigenvalue weighted by atomic mass is 19.4. The van der Waals surface area contributed by atoms with Crippen LogP contribution >= 0.6 is 0 Å². The van der Waals surface area contributed by atoms with Gasteiger partial charge in [-0.3, -0.25) is 4.79 Å². The first-order valence-electron chi connectivity index (χ1n) is 12.7. The second kappa shape index (κ2) is 9.94. The van der Waals surface area contributed by atoms with Crippen molar-refractivity contribution in [2.45, 2.75) is 25.6 Å². The van der Waals surface area contributed by atoms with Crippen LogP contribution in [0.15, 0.2) is 83.7 Å². The maximum atomic E-state index is 13.9. The van der Waals surface area contributed by atoms with E-state index in [0.717, 1.165) is 18.6 Å². The van der Waals surface area contributed by atoms with Crippen molar-refractivity contribution in [3.8, 4) is 5.69 Å². The normalized spacial score (nSPS) is 13.5. The smallest absolute Gasteiger partial charge is 0.355 e. The second-order valence-corrected chi connectivity index (χ2v) is 9.46. The lowest BCUT2D eigenvalue weighted by Gasteiger charge is -2.28. The zero-order chi connectivity index (χ0) is 27.0. The first-order chi connectivity index (χ1) is 18.9. The molecule has 198 valence electrons. The minimum absolute atomic E-state index is 0.187. The van der Waals surface area contributed by atoms with Crippen LogP contribution in [-0.4, -0.2) is 32.6 Å². The molecular weight excluding hydrogens is 505 g/mol. The van der Waals surface area contributed by atoms with Gasteiger partial charge in [-0.15, -0.1) is 0 Å². The van der Waals surface area contributed by atoms with Crippen molar-refractivity contribution in [3.63, 3.8) is 0 Å². The SMILES string of the molecule is O=c1c2c(nc(NCCc3ccccc3)n1-c1ccccc1)CCN(c1nc3ccc(C(F)(F)F)cc3[nH]1)C2. The Morgan fingerprint density at radius 3 is 2.44 bits per heavy atom. The van der Waals surface area contributed by atoms with Gasteiger partial charge in [0.2, 0.25) is 11.9 Å². The number of aromatic nitrogens is 4. The van der Waals surface area contributed by atoms with E-state index in [4.69, 9.17) is 4.98 Å². The molecule has 39 heavy (non-hydrogen) atoms. The van der Waals surface area contributed by atoms with E-state index in [2.05, 4.69) is 27.4 Å². The Balaban J connectivity index is 1.32. The van der Waals surface area contributed by atoms with E-state index in [1.165, 1.54) is 11.6 Å². The number of halogens is 3. The Morgan fingerprint density at radius 1 is 0.949 bits per heavy atom. The lowest BCUT2D eigenvalue weighted by molar-refractivity contribution is -0.137. The van der Waals surface area contributed by atoms with Gasteiger partial charge in [-0.1, -0.05) is 48.5 Å². The van der Waals surface area contributed by atoms with Crippen LogP contribution in [0, 0.1) is 0 Å². The van der Waals surface area contributed by atoms with Gasteiger partial charge in [0.1, 0.15) is 0 Å². The van der Waals surface area contributed by atoms with Crippen LogP contribution in [0.4, 0.5) is 25.1 Å². The Hall–Kier alpha value is -4.60. The van der Waals surface area contributed by atoms with Crippen LogP contribution in [0.25, 0.3) is 16.7 Å². The highest BCUT2D eigenvalue weighted by Gasteiger charge is 2.31. The Morgan fingerprint density at radius 2 is 1.69 bits per heavy atom. The molecule has 3 aromatic carbocycles. The third kappa shape index (κ3) is 4.97. The van der Waals surface area contributed by atoms with Crippen LogP contribution in [0.5, 0.6) is 0 Å². The first-order valence-corrected chi connectivity index (χ1v) is 12.7. The molecule has 1 aliphatic rings. The number of alkyl halides is 3. The average molecular weight is 531 g/mol. The lowest BCUT2D eigenvalue weighted by Crippen LogP contribution is -2.39. The summed E-state index contributed by atoms with van der Waals surface area (Å²) in [5.41, 5.74) is 2.92. The maximum absolute atomic E-state index is 13.9. The molecule has 2 aromatic heterocycles. The van der Waals surface area contributed by atoms with Crippen molar-refractivity contribution in [3.05, 3.63) is 112 Å². The summed E-state index contributed by atoms with van der Waals surface area (Å²) in [5.74, 6) is 0.906. The van der Waals surface area contributed by atoms with Gasteiger partial charge in [-0.05, 0) is 42.3 Å². The number of para-hydroxylation sites is 1. The van der Waals surface area contributed by atoms with Gasteiger partial charge in [-0.2, -0.15) is 13.2 Å². The first kappa shape index (κ1) is 24.7.